The topological polar surface area (TPSA) is 76.0 Å². The van der Waals surface area contributed by atoms with Crippen molar-refractivity contribution in [3.8, 4) is 11.3 Å². The molecule has 3 N–H and O–H groups in total. The van der Waals surface area contributed by atoms with E-state index in [9.17, 15) is 9.59 Å². The lowest BCUT2D eigenvalue weighted by atomic mass is 10.1. The van der Waals surface area contributed by atoms with E-state index in [4.69, 9.17) is 17.3 Å². The first-order valence-corrected chi connectivity index (χ1v) is 5.25. The molecule has 0 bridgehead atoms. The van der Waals surface area contributed by atoms with E-state index in [1.54, 1.807) is 30.3 Å². The number of rotatable bonds is 2. The molecule has 0 radical (unpaired) electrons. The SMILES string of the molecule is NC(=O)c1ccc(-c2cccc(Cl)c2)[nH]c1=O. The van der Waals surface area contributed by atoms with Crippen LogP contribution in [0.5, 0.6) is 0 Å². The molecule has 0 aliphatic heterocycles. The van der Waals surface area contributed by atoms with E-state index >= 15 is 0 Å². The molecule has 5 heteroatoms. The van der Waals surface area contributed by atoms with Gasteiger partial charge in [-0.2, -0.15) is 0 Å². The fourth-order valence-corrected chi connectivity index (χ4v) is 1.68. The largest absolute Gasteiger partial charge is 0.365 e. The van der Waals surface area contributed by atoms with Crippen molar-refractivity contribution in [2.75, 3.05) is 0 Å². The Labute approximate surface area is 102 Å². The molecule has 0 aliphatic carbocycles. The number of halogens is 1. The Morgan fingerprint density at radius 2 is 2.00 bits per heavy atom. The molecular formula is C12H9ClN2O2. The van der Waals surface area contributed by atoms with Crippen molar-refractivity contribution in [3.63, 3.8) is 0 Å². The van der Waals surface area contributed by atoms with Gasteiger partial charge in [-0.05, 0) is 29.8 Å². The molecule has 86 valence electrons. The predicted octanol–water partition coefficient (Wildman–Crippen LogP) is 1.79. The molecular weight excluding hydrogens is 240 g/mol. The summed E-state index contributed by atoms with van der Waals surface area (Å²) < 4.78 is 0. The fourth-order valence-electron chi connectivity index (χ4n) is 1.49. The summed E-state index contributed by atoms with van der Waals surface area (Å²) in [6.45, 7) is 0. The normalized spacial score (nSPS) is 10.2. The van der Waals surface area contributed by atoms with Gasteiger partial charge in [0, 0.05) is 10.7 Å². The van der Waals surface area contributed by atoms with Gasteiger partial charge in [-0.15, -0.1) is 0 Å². The molecule has 1 amide bonds. The van der Waals surface area contributed by atoms with Gasteiger partial charge in [0.2, 0.25) is 0 Å². The minimum Gasteiger partial charge on any atom is -0.365 e. The number of aromatic amines is 1. The maximum absolute atomic E-state index is 11.6. The van der Waals surface area contributed by atoms with Gasteiger partial charge in [0.05, 0.1) is 0 Å². The van der Waals surface area contributed by atoms with Crippen molar-refractivity contribution < 1.29 is 4.79 Å². The smallest absolute Gasteiger partial charge is 0.261 e. The molecule has 2 rings (SSSR count). The van der Waals surface area contributed by atoms with Crippen LogP contribution in [0.1, 0.15) is 10.4 Å². The summed E-state index contributed by atoms with van der Waals surface area (Å²) in [7, 11) is 0. The fraction of sp³-hybridized carbons (Fsp3) is 0. The molecule has 0 saturated carbocycles. The van der Waals surface area contributed by atoms with Gasteiger partial charge >= 0.3 is 0 Å². The zero-order chi connectivity index (χ0) is 12.4. The van der Waals surface area contributed by atoms with E-state index in [0.717, 1.165) is 5.56 Å². The zero-order valence-electron chi connectivity index (χ0n) is 8.74. The Kier molecular flexibility index (Phi) is 2.97. The number of H-pyrrole nitrogens is 1. The molecule has 4 nitrogen and oxygen atoms in total. The summed E-state index contributed by atoms with van der Waals surface area (Å²) in [4.78, 5) is 25.0. The van der Waals surface area contributed by atoms with Gasteiger partial charge < -0.3 is 10.7 Å². The third kappa shape index (κ3) is 2.37. The zero-order valence-corrected chi connectivity index (χ0v) is 9.49. The van der Waals surface area contributed by atoms with Crippen LogP contribution in [-0.2, 0) is 0 Å². The van der Waals surface area contributed by atoms with Gasteiger partial charge in [0.1, 0.15) is 5.56 Å². The lowest BCUT2D eigenvalue weighted by molar-refractivity contribution is 0.0999. The number of pyridine rings is 1. The highest BCUT2D eigenvalue weighted by atomic mass is 35.5. The second kappa shape index (κ2) is 4.43. The molecule has 17 heavy (non-hydrogen) atoms. The van der Waals surface area contributed by atoms with Crippen LogP contribution in [0, 0.1) is 0 Å². The van der Waals surface area contributed by atoms with Crippen LogP contribution in [0.4, 0.5) is 0 Å². The summed E-state index contributed by atoms with van der Waals surface area (Å²) in [5.41, 5.74) is 5.84. The van der Waals surface area contributed by atoms with Crippen molar-refractivity contribution >= 4 is 17.5 Å². The molecule has 0 saturated heterocycles. The second-order valence-electron chi connectivity index (χ2n) is 3.49. The number of carbonyl (C=O) groups is 1. The molecule has 0 atom stereocenters. The number of hydrogen-bond donors (Lipinski definition) is 2. The van der Waals surface area contributed by atoms with Gasteiger partial charge in [0.15, 0.2) is 0 Å². The van der Waals surface area contributed by atoms with Crippen LogP contribution in [0.15, 0.2) is 41.2 Å². The summed E-state index contributed by atoms with van der Waals surface area (Å²) in [6.07, 6.45) is 0. The third-order valence-corrected chi connectivity index (χ3v) is 2.55. The van der Waals surface area contributed by atoms with Gasteiger partial charge in [-0.1, -0.05) is 23.7 Å². The Hall–Kier alpha value is -2.07. The van der Waals surface area contributed by atoms with Crippen LogP contribution < -0.4 is 11.3 Å². The number of aromatic nitrogens is 1. The quantitative estimate of drug-likeness (QED) is 0.850. The number of hydrogen-bond acceptors (Lipinski definition) is 2. The lowest BCUT2D eigenvalue weighted by Gasteiger charge is -2.02. The van der Waals surface area contributed by atoms with E-state index in [0.29, 0.717) is 10.7 Å². The molecule has 1 aromatic carbocycles. The second-order valence-corrected chi connectivity index (χ2v) is 3.93. The predicted molar refractivity (Wildman–Crippen MR) is 66.0 cm³/mol. The Bertz CT molecular complexity index is 634. The third-order valence-electron chi connectivity index (χ3n) is 2.31. The summed E-state index contributed by atoms with van der Waals surface area (Å²) >= 11 is 5.85. The Balaban J connectivity index is 2.52. The average Bonchev–Trinajstić information content (AvgIpc) is 2.28. The lowest BCUT2D eigenvalue weighted by Crippen LogP contribution is -2.23. The number of benzene rings is 1. The summed E-state index contributed by atoms with van der Waals surface area (Å²) in [6, 6.07) is 10.1. The number of carbonyl (C=O) groups excluding carboxylic acids is 1. The van der Waals surface area contributed by atoms with E-state index in [1.165, 1.54) is 6.07 Å². The van der Waals surface area contributed by atoms with Crippen LogP contribution in [0.25, 0.3) is 11.3 Å². The standard InChI is InChI=1S/C12H9ClN2O2/c13-8-3-1-2-7(6-8)10-5-4-9(11(14)16)12(17)15-10/h1-6H,(H2,14,16)(H,15,17). The molecule has 1 heterocycles. The van der Waals surface area contributed by atoms with Crippen molar-refractivity contribution in [2.24, 2.45) is 5.73 Å². The van der Waals surface area contributed by atoms with E-state index in [1.807, 2.05) is 0 Å². The van der Waals surface area contributed by atoms with Crippen LogP contribution >= 0.6 is 11.6 Å². The molecule has 0 spiro atoms. The highest BCUT2D eigenvalue weighted by molar-refractivity contribution is 6.30. The first-order chi connectivity index (χ1) is 8.08. The maximum Gasteiger partial charge on any atom is 0.261 e. The monoisotopic (exact) mass is 248 g/mol. The van der Waals surface area contributed by atoms with Gasteiger partial charge in [-0.3, -0.25) is 9.59 Å². The Morgan fingerprint density at radius 3 is 2.59 bits per heavy atom. The maximum atomic E-state index is 11.6. The molecule has 2 aromatic rings. The molecule has 0 aliphatic rings. The van der Waals surface area contributed by atoms with Crippen molar-refractivity contribution in [3.05, 3.63) is 57.3 Å². The van der Waals surface area contributed by atoms with Crippen LogP contribution in [0.3, 0.4) is 0 Å². The van der Waals surface area contributed by atoms with Gasteiger partial charge in [-0.25, -0.2) is 0 Å². The summed E-state index contributed by atoms with van der Waals surface area (Å²) in [5, 5.41) is 0.572. The average molecular weight is 249 g/mol. The number of nitrogens with one attached hydrogen (secondary N) is 1. The highest BCUT2D eigenvalue weighted by Gasteiger charge is 2.07. The number of nitrogens with two attached hydrogens (primary N) is 1. The van der Waals surface area contributed by atoms with Crippen molar-refractivity contribution in [2.45, 2.75) is 0 Å². The number of primary amides is 1. The first-order valence-electron chi connectivity index (χ1n) is 4.87. The van der Waals surface area contributed by atoms with Crippen LogP contribution in [0.2, 0.25) is 5.02 Å². The van der Waals surface area contributed by atoms with Crippen molar-refractivity contribution in [1.29, 1.82) is 0 Å². The molecule has 1 aromatic heterocycles. The van der Waals surface area contributed by atoms with Gasteiger partial charge in [0.25, 0.3) is 11.5 Å². The minimum absolute atomic E-state index is 0.0595. The van der Waals surface area contributed by atoms with Crippen LogP contribution in [-0.4, -0.2) is 10.9 Å². The molecule has 0 unspecified atom stereocenters. The van der Waals surface area contributed by atoms with E-state index in [-0.39, 0.29) is 5.56 Å². The summed E-state index contributed by atoms with van der Waals surface area (Å²) in [5.74, 6) is -0.746. The Morgan fingerprint density at radius 1 is 1.24 bits per heavy atom. The number of amides is 1. The first kappa shape index (κ1) is 11.4. The highest BCUT2D eigenvalue weighted by Crippen LogP contribution is 2.19. The van der Waals surface area contributed by atoms with E-state index in [2.05, 4.69) is 4.98 Å². The van der Waals surface area contributed by atoms with E-state index < -0.39 is 11.5 Å². The minimum atomic E-state index is -0.746. The van der Waals surface area contributed by atoms with Crippen molar-refractivity contribution in [1.82, 2.24) is 4.98 Å². The molecule has 0 fully saturated rings.